The highest BCUT2D eigenvalue weighted by Crippen LogP contribution is 2.20. The molecular weight excluding hydrogens is 240 g/mol. The molecule has 0 aliphatic carbocycles. The van der Waals surface area contributed by atoms with E-state index < -0.39 is 0 Å². The highest BCUT2D eigenvalue weighted by atomic mass is 15.2. The summed E-state index contributed by atoms with van der Waals surface area (Å²) in [5, 5.41) is 0. The summed E-state index contributed by atoms with van der Waals surface area (Å²) in [6.45, 7) is 0.741. The fourth-order valence-electron chi connectivity index (χ4n) is 2.01. The third-order valence-corrected chi connectivity index (χ3v) is 2.96. The number of anilines is 2. The van der Waals surface area contributed by atoms with E-state index in [2.05, 4.69) is 19.9 Å². The highest BCUT2D eigenvalue weighted by molar-refractivity contribution is 5.82. The van der Waals surface area contributed by atoms with Crippen LogP contribution in [0.15, 0.2) is 36.9 Å². The van der Waals surface area contributed by atoms with Crippen LogP contribution >= 0.6 is 0 Å². The van der Waals surface area contributed by atoms with E-state index in [0.717, 1.165) is 23.6 Å². The zero-order valence-electron chi connectivity index (χ0n) is 10.5. The Bertz CT molecular complexity index is 688. The maximum atomic E-state index is 5.68. The lowest BCUT2D eigenvalue weighted by Crippen LogP contribution is -2.18. The predicted molar refractivity (Wildman–Crippen MR) is 74.6 cm³/mol. The number of benzene rings is 1. The van der Waals surface area contributed by atoms with E-state index >= 15 is 0 Å². The number of H-pyrrole nitrogens is 1. The number of hydrogen-bond acceptors (Lipinski definition) is 5. The van der Waals surface area contributed by atoms with Gasteiger partial charge in [-0.25, -0.2) is 15.0 Å². The molecule has 0 unspecified atom stereocenters. The first-order valence-electron chi connectivity index (χ1n) is 5.93. The van der Waals surface area contributed by atoms with E-state index in [1.54, 1.807) is 6.33 Å². The third kappa shape index (κ3) is 2.20. The lowest BCUT2D eigenvalue weighted by molar-refractivity contribution is 0.898. The van der Waals surface area contributed by atoms with Crippen LogP contribution in [0.4, 0.5) is 11.5 Å². The van der Waals surface area contributed by atoms with Crippen molar-refractivity contribution >= 4 is 22.7 Å². The number of aromatic amines is 1. The molecule has 2 heterocycles. The number of fused-ring (bicyclic) bond motifs is 1. The Morgan fingerprint density at radius 1 is 1.16 bits per heavy atom. The molecular formula is C13H14N6. The minimum Gasteiger partial charge on any atom is -0.399 e. The van der Waals surface area contributed by atoms with Crippen molar-refractivity contribution in [2.75, 3.05) is 17.7 Å². The molecule has 0 aliphatic rings. The van der Waals surface area contributed by atoms with Crippen molar-refractivity contribution in [3.05, 3.63) is 42.5 Å². The molecule has 6 nitrogen and oxygen atoms in total. The molecule has 0 saturated carbocycles. The maximum Gasteiger partial charge on any atom is 0.182 e. The molecule has 19 heavy (non-hydrogen) atoms. The monoisotopic (exact) mass is 254 g/mol. The summed E-state index contributed by atoms with van der Waals surface area (Å²) in [6.07, 6.45) is 3.15. The van der Waals surface area contributed by atoms with E-state index in [4.69, 9.17) is 5.73 Å². The largest absolute Gasteiger partial charge is 0.399 e. The number of aromatic nitrogens is 4. The number of nitrogen functional groups attached to an aromatic ring is 1. The lowest BCUT2D eigenvalue weighted by atomic mass is 10.2. The first kappa shape index (κ1) is 11.5. The van der Waals surface area contributed by atoms with Crippen LogP contribution in [0.5, 0.6) is 0 Å². The third-order valence-electron chi connectivity index (χ3n) is 2.96. The zero-order chi connectivity index (χ0) is 13.2. The van der Waals surface area contributed by atoms with Gasteiger partial charge in [-0.3, -0.25) is 0 Å². The van der Waals surface area contributed by atoms with Gasteiger partial charge in [-0.15, -0.1) is 0 Å². The van der Waals surface area contributed by atoms with Crippen LogP contribution in [0.2, 0.25) is 0 Å². The smallest absolute Gasteiger partial charge is 0.182 e. The summed E-state index contributed by atoms with van der Waals surface area (Å²) in [6, 6.07) is 7.82. The van der Waals surface area contributed by atoms with Gasteiger partial charge >= 0.3 is 0 Å². The molecule has 0 radical (unpaired) electrons. The van der Waals surface area contributed by atoms with E-state index in [1.807, 2.05) is 36.2 Å². The van der Waals surface area contributed by atoms with Crippen molar-refractivity contribution in [1.29, 1.82) is 0 Å². The second kappa shape index (κ2) is 4.56. The summed E-state index contributed by atoms with van der Waals surface area (Å²) in [7, 11) is 1.99. The SMILES string of the molecule is CN(Cc1ccc(N)cc1)c1ncnc2nc[nH]c12. The normalized spacial score (nSPS) is 10.8. The van der Waals surface area contributed by atoms with Crippen LogP contribution in [0, 0.1) is 0 Å². The van der Waals surface area contributed by atoms with Gasteiger partial charge in [-0.1, -0.05) is 12.1 Å². The van der Waals surface area contributed by atoms with Gasteiger partial charge in [0.15, 0.2) is 11.5 Å². The van der Waals surface area contributed by atoms with E-state index in [1.165, 1.54) is 11.9 Å². The molecule has 2 aromatic heterocycles. The molecule has 6 heteroatoms. The minimum atomic E-state index is 0.675. The lowest BCUT2D eigenvalue weighted by Gasteiger charge is -2.18. The molecule has 1 aromatic carbocycles. The van der Waals surface area contributed by atoms with Crippen LogP contribution in [0.3, 0.4) is 0 Å². The summed E-state index contributed by atoms with van der Waals surface area (Å²) >= 11 is 0. The topological polar surface area (TPSA) is 83.7 Å². The Balaban J connectivity index is 1.89. The van der Waals surface area contributed by atoms with Gasteiger partial charge in [0, 0.05) is 19.3 Å². The molecule has 3 aromatic rings. The van der Waals surface area contributed by atoms with Gasteiger partial charge in [0.2, 0.25) is 0 Å². The fraction of sp³-hybridized carbons (Fsp3) is 0.154. The van der Waals surface area contributed by atoms with E-state index in [-0.39, 0.29) is 0 Å². The molecule has 0 amide bonds. The van der Waals surface area contributed by atoms with Crippen molar-refractivity contribution in [2.24, 2.45) is 0 Å². The van der Waals surface area contributed by atoms with Crippen LogP contribution in [0.25, 0.3) is 11.2 Å². The molecule has 3 rings (SSSR count). The molecule has 3 N–H and O–H groups in total. The predicted octanol–water partition coefficient (Wildman–Crippen LogP) is 1.57. The molecule has 96 valence electrons. The number of nitrogens with zero attached hydrogens (tertiary/aromatic N) is 4. The van der Waals surface area contributed by atoms with Gasteiger partial charge in [0.1, 0.15) is 11.8 Å². The number of nitrogens with two attached hydrogens (primary N) is 1. The fourth-order valence-corrected chi connectivity index (χ4v) is 2.01. The van der Waals surface area contributed by atoms with Crippen LogP contribution in [-0.4, -0.2) is 27.0 Å². The molecule has 0 aliphatic heterocycles. The van der Waals surface area contributed by atoms with Gasteiger partial charge in [0.05, 0.1) is 6.33 Å². The van der Waals surface area contributed by atoms with Gasteiger partial charge in [-0.05, 0) is 17.7 Å². The minimum absolute atomic E-state index is 0.675. The Hall–Kier alpha value is -2.63. The van der Waals surface area contributed by atoms with Crippen LogP contribution < -0.4 is 10.6 Å². The number of nitrogens with one attached hydrogen (secondary N) is 1. The van der Waals surface area contributed by atoms with Crippen molar-refractivity contribution in [1.82, 2.24) is 19.9 Å². The summed E-state index contributed by atoms with van der Waals surface area (Å²) < 4.78 is 0. The highest BCUT2D eigenvalue weighted by Gasteiger charge is 2.10. The van der Waals surface area contributed by atoms with Gasteiger partial charge in [-0.2, -0.15) is 0 Å². The van der Waals surface area contributed by atoms with Crippen molar-refractivity contribution in [3.63, 3.8) is 0 Å². The summed E-state index contributed by atoms with van der Waals surface area (Å²) in [4.78, 5) is 17.7. The van der Waals surface area contributed by atoms with Crippen LogP contribution in [-0.2, 0) is 6.54 Å². The van der Waals surface area contributed by atoms with Gasteiger partial charge < -0.3 is 15.6 Å². The first-order chi connectivity index (χ1) is 9.24. The Morgan fingerprint density at radius 3 is 2.74 bits per heavy atom. The average molecular weight is 254 g/mol. The standard InChI is InChI=1S/C13H14N6/c1-19(6-9-2-4-10(14)5-3-9)13-11-12(16-7-15-11)17-8-18-13/h2-5,7-8H,6,14H2,1H3,(H,15,16,17,18). The second-order valence-electron chi connectivity index (χ2n) is 4.40. The molecule has 0 fully saturated rings. The zero-order valence-corrected chi connectivity index (χ0v) is 10.5. The van der Waals surface area contributed by atoms with Crippen molar-refractivity contribution in [3.8, 4) is 0 Å². The molecule has 0 bridgehead atoms. The maximum absolute atomic E-state index is 5.68. The number of hydrogen-bond donors (Lipinski definition) is 2. The van der Waals surface area contributed by atoms with Crippen molar-refractivity contribution < 1.29 is 0 Å². The Labute approximate surface area is 110 Å². The van der Waals surface area contributed by atoms with Crippen LogP contribution in [0.1, 0.15) is 5.56 Å². The van der Waals surface area contributed by atoms with Crippen molar-refractivity contribution in [2.45, 2.75) is 6.54 Å². The second-order valence-corrected chi connectivity index (χ2v) is 4.40. The quantitative estimate of drug-likeness (QED) is 0.693. The van der Waals surface area contributed by atoms with E-state index in [9.17, 15) is 0 Å². The number of imidazole rings is 1. The Kier molecular flexibility index (Phi) is 2.75. The first-order valence-corrected chi connectivity index (χ1v) is 5.93. The number of rotatable bonds is 3. The van der Waals surface area contributed by atoms with E-state index in [0.29, 0.717) is 5.65 Å². The molecule has 0 saturated heterocycles. The average Bonchev–Trinajstić information content (AvgIpc) is 2.89. The Morgan fingerprint density at radius 2 is 1.95 bits per heavy atom. The molecule has 0 atom stereocenters. The summed E-state index contributed by atoms with van der Waals surface area (Å²) in [5.41, 5.74) is 9.14. The molecule has 0 spiro atoms. The van der Waals surface area contributed by atoms with Gasteiger partial charge in [0.25, 0.3) is 0 Å². The summed E-state index contributed by atoms with van der Waals surface area (Å²) in [5.74, 6) is 0.833.